The van der Waals surface area contributed by atoms with Gasteiger partial charge in [0.1, 0.15) is 23.4 Å². The Hall–Kier alpha value is -3.43. The second-order valence-corrected chi connectivity index (χ2v) is 14.7. The molecule has 0 spiro atoms. The smallest absolute Gasteiger partial charge is 0.266 e. The van der Waals surface area contributed by atoms with Gasteiger partial charge >= 0.3 is 0 Å². The lowest BCUT2D eigenvalue weighted by atomic mass is 9.91. The van der Waals surface area contributed by atoms with E-state index >= 15 is 0 Å². The minimum atomic E-state index is -3.79. The van der Waals surface area contributed by atoms with Crippen LogP contribution in [0.5, 0.6) is 0 Å². The first-order valence-electron chi connectivity index (χ1n) is 16.2. The van der Waals surface area contributed by atoms with Gasteiger partial charge in [-0.1, -0.05) is 36.7 Å². The van der Waals surface area contributed by atoms with Gasteiger partial charge in [0.15, 0.2) is 5.58 Å². The molecule has 260 valence electrons. The molecule has 48 heavy (non-hydrogen) atoms. The van der Waals surface area contributed by atoms with Crippen molar-refractivity contribution in [2.24, 2.45) is 5.92 Å². The largest absolute Gasteiger partial charge is 0.434 e. The van der Waals surface area contributed by atoms with Gasteiger partial charge in [0.25, 0.3) is 5.89 Å². The number of para-hydroxylation sites is 2. The minimum Gasteiger partial charge on any atom is -0.434 e. The summed E-state index contributed by atoms with van der Waals surface area (Å²) in [4.78, 5) is 47.0. The summed E-state index contributed by atoms with van der Waals surface area (Å²) in [5.74, 6) is -2.08. The second kappa shape index (κ2) is 15.9. The normalized spacial score (nSPS) is 20.1. The Bertz CT molecular complexity index is 1700. The molecule has 0 unspecified atom stereocenters. The first-order chi connectivity index (χ1) is 22.9. The summed E-state index contributed by atoms with van der Waals surface area (Å²) >= 11 is 5.88. The number of aromatic nitrogens is 1. The van der Waals surface area contributed by atoms with E-state index in [9.17, 15) is 27.2 Å². The Morgan fingerprint density at radius 2 is 1.92 bits per heavy atom. The Morgan fingerprint density at radius 3 is 2.60 bits per heavy atom. The van der Waals surface area contributed by atoms with Gasteiger partial charge < -0.3 is 24.7 Å². The summed E-state index contributed by atoms with van der Waals surface area (Å²) in [5, 5.41) is 6.29. The molecule has 0 bridgehead atoms. The molecule has 1 aromatic heterocycles. The van der Waals surface area contributed by atoms with Crippen LogP contribution in [0.1, 0.15) is 61.7 Å². The van der Waals surface area contributed by atoms with Crippen LogP contribution in [0.4, 0.5) is 4.39 Å². The predicted molar refractivity (Wildman–Crippen MR) is 177 cm³/mol. The minimum absolute atomic E-state index is 0.0418. The SMILES string of the molecule is CC[C@H](NC(=O)[C@@H]1C[C@@H](OCc2ccc(Cl)cc2F)CN1C(=O)[C@@H](CCC1CCNCC1)NS(C)(=O)=O)C(=O)c1nc2ccccc2o1. The highest BCUT2D eigenvalue weighted by Crippen LogP contribution is 2.27. The number of likely N-dealkylation sites (tertiary alicyclic amines) is 1. The number of fused-ring (bicyclic) bond motifs is 1. The molecule has 0 aliphatic carbocycles. The van der Waals surface area contributed by atoms with E-state index in [1.54, 1.807) is 31.2 Å². The molecular weight excluding hydrogens is 665 g/mol. The summed E-state index contributed by atoms with van der Waals surface area (Å²) in [6, 6.07) is 7.91. The van der Waals surface area contributed by atoms with Gasteiger partial charge in [-0.05, 0) is 75.4 Å². The van der Waals surface area contributed by atoms with Gasteiger partial charge in [-0.2, -0.15) is 0 Å². The predicted octanol–water partition coefficient (Wildman–Crippen LogP) is 3.58. The number of Topliss-reactive ketones (excluding diaryl/α,β-unsaturated/α-hetero) is 1. The molecule has 3 aromatic rings. The molecule has 0 radical (unpaired) electrons. The van der Waals surface area contributed by atoms with Crippen molar-refractivity contribution in [2.75, 3.05) is 25.9 Å². The summed E-state index contributed by atoms with van der Waals surface area (Å²) in [7, 11) is -3.79. The monoisotopic (exact) mass is 705 g/mol. The number of ketones is 1. The molecule has 12 nitrogen and oxygen atoms in total. The van der Waals surface area contributed by atoms with Gasteiger partial charge in [-0.3, -0.25) is 14.4 Å². The number of piperidine rings is 1. The van der Waals surface area contributed by atoms with Crippen LogP contribution in [-0.4, -0.2) is 86.0 Å². The molecule has 2 aliphatic heterocycles. The van der Waals surface area contributed by atoms with Crippen molar-refractivity contribution < 1.29 is 36.3 Å². The lowest BCUT2D eigenvalue weighted by Crippen LogP contribution is -2.55. The molecule has 2 saturated heterocycles. The van der Waals surface area contributed by atoms with E-state index in [1.165, 1.54) is 23.1 Å². The number of rotatable bonds is 14. The maximum Gasteiger partial charge on any atom is 0.266 e. The number of nitrogens with one attached hydrogen (secondary N) is 3. The summed E-state index contributed by atoms with van der Waals surface area (Å²) < 4.78 is 53.3. The first kappa shape index (κ1) is 35.9. The average molecular weight is 706 g/mol. The zero-order valence-electron chi connectivity index (χ0n) is 26.9. The van der Waals surface area contributed by atoms with E-state index in [0.29, 0.717) is 23.4 Å². The molecule has 2 amide bonds. The quantitative estimate of drug-likeness (QED) is 0.213. The summed E-state index contributed by atoms with van der Waals surface area (Å²) in [6.45, 7) is 3.24. The maximum atomic E-state index is 14.5. The zero-order valence-corrected chi connectivity index (χ0v) is 28.5. The van der Waals surface area contributed by atoms with Crippen molar-refractivity contribution in [3.63, 3.8) is 0 Å². The van der Waals surface area contributed by atoms with Crippen molar-refractivity contribution in [2.45, 2.75) is 76.3 Å². The molecule has 2 aliphatic rings. The van der Waals surface area contributed by atoms with E-state index in [4.69, 9.17) is 20.8 Å². The van der Waals surface area contributed by atoms with Crippen LogP contribution in [-0.2, 0) is 31.0 Å². The van der Waals surface area contributed by atoms with E-state index in [1.807, 2.05) is 0 Å². The van der Waals surface area contributed by atoms with Crippen LogP contribution >= 0.6 is 11.6 Å². The van der Waals surface area contributed by atoms with E-state index in [2.05, 4.69) is 20.3 Å². The fourth-order valence-electron chi connectivity index (χ4n) is 6.27. The van der Waals surface area contributed by atoms with Crippen LogP contribution in [0, 0.1) is 11.7 Å². The van der Waals surface area contributed by atoms with Gasteiger partial charge in [-0.25, -0.2) is 22.5 Å². The van der Waals surface area contributed by atoms with Crippen LogP contribution in [0.25, 0.3) is 11.1 Å². The Balaban J connectivity index is 1.35. The number of sulfonamides is 1. The molecule has 15 heteroatoms. The van der Waals surface area contributed by atoms with Gasteiger partial charge in [0.2, 0.25) is 27.6 Å². The highest BCUT2D eigenvalue weighted by atomic mass is 35.5. The number of ether oxygens (including phenoxy) is 1. The van der Waals surface area contributed by atoms with Crippen LogP contribution in [0.3, 0.4) is 0 Å². The zero-order chi connectivity index (χ0) is 34.4. The van der Waals surface area contributed by atoms with Crippen molar-refractivity contribution in [3.8, 4) is 0 Å². The standard InChI is InChI=1S/C33H41ClFN5O7S/c1-3-25(30(41)32-38-26-6-4-5-7-29(26)47-32)37-31(42)28-17-23(46-19-21-9-10-22(34)16-24(21)35)18-40(28)33(43)27(39-48(2,44)45)11-8-20-12-14-36-15-13-20/h4-7,9-10,16,20,23,25,27-28,36,39H,3,8,11-15,17-19H2,1-2H3,(H,37,42)/t23-,25+,27-,28+/m1/s1. The number of nitrogens with zero attached hydrogens (tertiary/aromatic N) is 2. The third kappa shape index (κ3) is 9.17. The number of hydrogen-bond acceptors (Lipinski definition) is 9. The van der Waals surface area contributed by atoms with Crippen molar-refractivity contribution in [1.29, 1.82) is 0 Å². The number of benzene rings is 2. The highest BCUT2D eigenvalue weighted by Gasteiger charge is 2.44. The van der Waals surface area contributed by atoms with Gasteiger partial charge in [-0.15, -0.1) is 0 Å². The van der Waals surface area contributed by atoms with E-state index in [0.717, 1.165) is 32.2 Å². The Kier molecular flexibility index (Phi) is 11.8. The van der Waals surface area contributed by atoms with Crippen molar-refractivity contribution in [1.82, 2.24) is 25.2 Å². The number of hydrogen-bond donors (Lipinski definition) is 3. The van der Waals surface area contributed by atoms with Gasteiger partial charge in [0.05, 0.1) is 25.0 Å². The molecule has 5 rings (SSSR count). The van der Waals surface area contributed by atoms with Crippen LogP contribution in [0.2, 0.25) is 5.02 Å². The molecule has 2 aromatic carbocycles. The molecular formula is C33H41ClFN5O7S. The second-order valence-electron chi connectivity index (χ2n) is 12.4. The van der Waals surface area contributed by atoms with E-state index in [-0.39, 0.29) is 48.9 Å². The lowest BCUT2D eigenvalue weighted by Gasteiger charge is -2.30. The highest BCUT2D eigenvalue weighted by molar-refractivity contribution is 7.88. The van der Waals surface area contributed by atoms with E-state index < -0.39 is 57.7 Å². The van der Waals surface area contributed by atoms with Gasteiger partial charge in [0, 0.05) is 23.6 Å². The molecule has 3 heterocycles. The van der Waals surface area contributed by atoms with Crippen molar-refractivity contribution >= 4 is 50.3 Å². The summed E-state index contributed by atoms with van der Waals surface area (Å²) in [5.41, 5.74) is 1.18. The van der Waals surface area contributed by atoms with Crippen LogP contribution in [0.15, 0.2) is 46.9 Å². The Labute approximate surface area is 284 Å². The van der Waals surface area contributed by atoms with Crippen LogP contribution < -0.4 is 15.4 Å². The van der Waals surface area contributed by atoms with Crippen molar-refractivity contribution in [3.05, 3.63) is 64.8 Å². The molecule has 3 N–H and O–H groups in total. The number of amides is 2. The number of halogens is 2. The number of oxazole rings is 1. The Morgan fingerprint density at radius 1 is 1.17 bits per heavy atom. The topological polar surface area (TPSA) is 160 Å². The third-order valence-corrected chi connectivity index (χ3v) is 9.81. The molecule has 2 fully saturated rings. The third-order valence-electron chi connectivity index (χ3n) is 8.86. The summed E-state index contributed by atoms with van der Waals surface area (Å²) in [6.07, 6.45) is 3.26. The number of carbonyl (C=O) groups is 3. The fraction of sp³-hybridized carbons (Fsp3) is 0.515. The molecule has 0 saturated carbocycles. The number of carbonyl (C=O) groups excluding carboxylic acids is 3. The lowest BCUT2D eigenvalue weighted by molar-refractivity contribution is -0.140. The fourth-order valence-corrected chi connectivity index (χ4v) is 7.16. The first-order valence-corrected chi connectivity index (χ1v) is 18.4. The molecule has 4 atom stereocenters. The average Bonchev–Trinajstić information content (AvgIpc) is 3.69. The maximum absolute atomic E-state index is 14.5.